The quantitative estimate of drug-likeness (QED) is 0.240. The van der Waals surface area contributed by atoms with Gasteiger partial charge in [-0.2, -0.15) is 0 Å². The van der Waals surface area contributed by atoms with E-state index in [0.29, 0.717) is 11.8 Å². The van der Waals surface area contributed by atoms with Crippen LogP contribution >= 0.6 is 12.4 Å². The van der Waals surface area contributed by atoms with Gasteiger partial charge in [0.05, 0.1) is 0 Å². The second kappa shape index (κ2) is 2.77. The van der Waals surface area contributed by atoms with E-state index in [1.54, 1.807) is 0 Å². The molecule has 0 spiro atoms. The standard InChI is InChI=1S/C4H8N2O.ClH/c5-4(6-7)3-1-2-3;/h3,7H,1-2H2,(H2,5,6);1H. The zero-order chi connectivity index (χ0) is 5.28. The van der Waals surface area contributed by atoms with Gasteiger partial charge in [0.25, 0.3) is 0 Å². The van der Waals surface area contributed by atoms with Crippen molar-refractivity contribution < 1.29 is 5.21 Å². The van der Waals surface area contributed by atoms with Gasteiger partial charge in [0, 0.05) is 5.92 Å². The molecular formula is C4H9ClN2O. The van der Waals surface area contributed by atoms with Crippen molar-refractivity contribution in [3.63, 3.8) is 0 Å². The molecular weight excluding hydrogens is 128 g/mol. The maximum Gasteiger partial charge on any atom is 0.142 e. The van der Waals surface area contributed by atoms with E-state index in [1.807, 2.05) is 0 Å². The van der Waals surface area contributed by atoms with E-state index in [0.717, 1.165) is 12.8 Å². The number of rotatable bonds is 1. The molecule has 0 aliphatic heterocycles. The molecule has 0 atom stereocenters. The molecule has 1 aliphatic rings. The molecule has 0 aromatic carbocycles. The summed E-state index contributed by atoms with van der Waals surface area (Å²) < 4.78 is 0. The molecule has 3 nitrogen and oxygen atoms in total. The molecule has 0 heterocycles. The van der Waals surface area contributed by atoms with Gasteiger partial charge in [-0.15, -0.1) is 12.4 Å². The van der Waals surface area contributed by atoms with Crippen molar-refractivity contribution in [3.05, 3.63) is 0 Å². The summed E-state index contributed by atoms with van der Waals surface area (Å²) in [5.41, 5.74) is 5.18. The molecule has 1 aliphatic carbocycles. The van der Waals surface area contributed by atoms with Crippen molar-refractivity contribution in [3.8, 4) is 0 Å². The molecule has 0 bridgehead atoms. The van der Waals surface area contributed by atoms with Crippen LogP contribution < -0.4 is 5.73 Å². The average molecular weight is 137 g/mol. The fraction of sp³-hybridized carbons (Fsp3) is 0.750. The number of halogens is 1. The summed E-state index contributed by atoms with van der Waals surface area (Å²) >= 11 is 0. The number of nitrogens with zero attached hydrogens (tertiary/aromatic N) is 1. The smallest absolute Gasteiger partial charge is 0.142 e. The van der Waals surface area contributed by atoms with Gasteiger partial charge in [-0.05, 0) is 12.8 Å². The average Bonchev–Trinajstić information content (AvgIpc) is 2.44. The predicted octanol–water partition coefficient (Wildman–Crippen LogP) is 0.565. The van der Waals surface area contributed by atoms with E-state index in [9.17, 15) is 0 Å². The van der Waals surface area contributed by atoms with E-state index in [4.69, 9.17) is 10.9 Å². The molecule has 4 heteroatoms. The molecule has 3 N–H and O–H groups in total. The van der Waals surface area contributed by atoms with Crippen LogP contribution in [0, 0.1) is 5.92 Å². The number of nitrogens with two attached hydrogens (primary N) is 1. The predicted molar refractivity (Wildman–Crippen MR) is 33.4 cm³/mol. The molecule has 1 saturated carbocycles. The van der Waals surface area contributed by atoms with Crippen LogP contribution in [0.25, 0.3) is 0 Å². The summed E-state index contributed by atoms with van der Waals surface area (Å²) in [6.45, 7) is 0. The van der Waals surface area contributed by atoms with Crippen LogP contribution in [0.15, 0.2) is 5.16 Å². The van der Waals surface area contributed by atoms with Crippen molar-refractivity contribution in [1.82, 2.24) is 0 Å². The third kappa shape index (κ3) is 1.58. The van der Waals surface area contributed by atoms with Gasteiger partial charge in [0.15, 0.2) is 0 Å². The second-order valence-corrected chi connectivity index (χ2v) is 1.80. The van der Waals surface area contributed by atoms with Crippen molar-refractivity contribution in [2.45, 2.75) is 12.8 Å². The zero-order valence-corrected chi connectivity index (χ0v) is 5.19. The van der Waals surface area contributed by atoms with Gasteiger partial charge in [0.1, 0.15) is 5.84 Å². The normalized spacial score (nSPS) is 19.8. The van der Waals surface area contributed by atoms with E-state index in [2.05, 4.69) is 5.16 Å². The summed E-state index contributed by atoms with van der Waals surface area (Å²) in [5, 5.41) is 10.9. The van der Waals surface area contributed by atoms with Gasteiger partial charge in [-0.1, -0.05) is 5.16 Å². The maximum absolute atomic E-state index is 8.01. The molecule has 0 saturated heterocycles. The number of hydrogen-bond donors (Lipinski definition) is 2. The van der Waals surface area contributed by atoms with Crippen LogP contribution in [0.3, 0.4) is 0 Å². The third-order valence-electron chi connectivity index (χ3n) is 1.11. The number of hydrogen-bond acceptors (Lipinski definition) is 2. The molecule has 0 amide bonds. The van der Waals surface area contributed by atoms with Crippen molar-refractivity contribution in [1.29, 1.82) is 0 Å². The first-order chi connectivity index (χ1) is 3.34. The van der Waals surface area contributed by atoms with Crippen LogP contribution in [0.5, 0.6) is 0 Å². The van der Waals surface area contributed by atoms with E-state index < -0.39 is 0 Å². The first-order valence-electron chi connectivity index (χ1n) is 2.32. The summed E-state index contributed by atoms with van der Waals surface area (Å²) in [6.07, 6.45) is 2.19. The van der Waals surface area contributed by atoms with Gasteiger partial charge in [0.2, 0.25) is 0 Å². The highest BCUT2D eigenvalue weighted by Crippen LogP contribution is 2.28. The first kappa shape index (κ1) is 7.56. The molecule has 1 rings (SSSR count). The molecule has 8 heavy (non-hydrogen) atoms. The summed E-state index contributed by atoms with van der Waals surface area (Å²) in [7, 11) is 0. The van der Waals surface area contributed by atoms with Gasteiger partial charge in [-0.3, -0.25) is 0 Å². The summed E-state index contributed by atoms with van der Waals surface area (Å²) in [5.74, 6) is 0.782. The Labute approximate surface area is 54.0 Å². The van der Waals surface area contributed by atoms with Gasteiger partial charge in [-0.25, -0.2) is 0 Å². The Balaban J connectivity index is 0.000000490. The lowest BCUT2D eigenvalue weighted by molar-refractivity contribution is 0.316. The minimum atomic E-state index is 0. The summed E-state index contributed by atoms with van der Waals surface area (Å²) in [6, 6.07) is 0. The lowest BCUT2D eigenvalue weighted by Crippen LogP contribution is -2.12. The Kier molecular flexibility index (Phi) is 2.62. The van der Waals surface area contributed by atoms with E-state index >= 15 is 0 Å². The van der Waals surface area contributed by atoms with Crippen molar-refractivity contribution in [2.75, 3.05) is 0 Å². The van der Waals surface area contributed by atoms with Crippen LogP contribution in [0.1, 0.15) is 12.8 Å². The highest BCUT2D eigenvalue weighted by atomic mass is 35.5. The second-order valence-electron chi connectivity index (χ2n) is 1.80. The Bertz CT molecular complexity index is 100. The molecule has 0 unspecified atom stereocenters. The van der Waals surface area contributed by atoms with E-state index in [1.165, 1.54) is 0 Å². The minimum Gasteiger partial charge on any atom is -0.409 e. The lowest BCUT2D eigenvalue weighted by atomic mass is 10.4. The Morgan fingerprint density at radius 2 is 2.12 bits per heavy atom. The highest BCUT2D eigenvalue weighted by molar-refractivity contribution is 5.85. The number of oxime groups is 1. The molecule has 48 valence electrons. The Morgan fingerprint density at radius 3 is 2.25 bits per heavy atom. The van der Waals surface area contributed by atoms with Crippen LogP contribution in [0.2, 0.25) is 0 Å². The van der Waals surface area contributed by atoms with Crippen LogP contribution in [-0.2, 0) is 0 Å². The maximum atomic E-state index is 8.01. The largest absolute Gasteiger partial charge is 0.409 e. The fourth-order valence-electron chi connectivity index (χ4n) is 0.461. The minimum absolute atomic E-state index is 0. The topological polar surface area (TPSA) is 58.6 Å². The Hall–Kier alpha value is -0.440. The molecule has 0 aromatic heterocycles. The molecule has 1 fully saturated rings. The van der Waals surface area contributed by atoms with Crippen LogP contribution in [0.4, 0.5) is 0 Å². The van der Waals surface area contributed by atoms with Gasteiger partial charge < -0.3 is 10.9 Å². The highest BCUT2D eigenvalue weighted by Gasteiger charge is 2.25. The third-order valence-corrected chi connectivity index (χ3v) is 1.11. The SMILES string of the molecule is Cl.NC(=NO)C1CC1. The van der Waals surface area contributed by atoms with Crippen molar-refractivity contribution >= 4 is 18.2 Å². The van der Waals surface area contributed by atoms with Crippen LogP contribution in [-0.4, -0.2) is 11.0 Å². The monoisotopic (exact) mass is 136 g/mol. The molecule has 0 radical (unpaired) electrons. The number of amidine groups is 1. The van der Waals surface area contributed by atoms with Crippen molar-refractivity contribution in [2.24, 2.45) is 16.8 Å². The zero-order valence-electron chi connectivity index (χ0n) is 4.37. The summed E-state index contributed by atoms with van der Waals surface area (Å²) in [4.78, 5) is 0. The fourth-order valence-corrected chi connectivity index (χ4v) is 0.461. The lowest BCUT2D eigenvalue weighted by Gasteiger charge is -1.85. The van der Waals surface area contributed by atoms with E-state index in [-0.39, 0.29) is 12.4 Å². The first-order valence-corrected chi connectivity index (χ1v) is 2.32. The Morgan fingerprint density at radius 1 is 1.62 bits per heavy atom. The van der Waals surface area contributed by atoms with Gasteiger partial charge >= 0.3 is 0 Å². The molecule has 0 aromatic rings.